The molecule has 0 heterocycles. The molecule has 0 bridgehead atoms. The van der Waals surface area contributed by atoms with E-state index in [9.17, 15) is 4.79 Å². The van der Waals surface area contributed by atoms with Crippen molar-refractivity contribution >= 4 is 6.09 Å². The highest BCUT2D eigenvalue weighted by atomic mass is 16.5. The number of nitrogens with one attached hydrogen (secondary N) is 1. The van der Waals surface area contributed by atoms with E-state index in [4.69, 9.17) is 10.5 Å². The van der Waals surface area contributed by atoms with Crippen LogP contribution in [0, 0.1) is 0 Å². The molecule has 0 atom stereocenters. The largest absolute Gasteiger partial charge is 0.448 e. The number of rotatable bonds is 5. The predicted octanol–water partition coefficient (Wildman–Crippen LogP) is 1.25. The number of hydrogen-bond acceptors (Lipinski definition) is 3. The zero-order valence-corrected chi connectivity index (χ0v) is 8.72. The fourth-order valence-electron chi connectivity index (χ4n) is 0.670. The van der Waals surface area contributed by atoms with Crippen molar-refractivity contribution in [2.75, 3.05) is 13.2 Å². The number of nitrogens with two attached hydrogens (primary N) is 1. The fraction of sp³-hybridized carbons (Fsp3) is 0.889. The first-order valence-electron chi connectivity index (χ1n) is 4.65. The summed E-state index contributed by atoms with van der Waals surface area (Å²) in [4.78, 5) is 11.0. The Bertz CT molecular complexity index is 152. The Morgan fingerprint density at radius 3 is 2.62 bits per heavy atom. The molecule has 1 amide bonds. The van der Waals surface area contributed by atoms with Crippen LogP contribution >= 0.6 is 0 Å². The van der Waals surface area contributed by atoms with Gasteiger partial charge in [0.05, 0.1) is 0 Å². The van der Waals surface area contributed by atoms with Crippen molar-refractivity contribution in [3.8, 4) is 0 Å². The Hall–Kier alpha value is -0.770. The molecule has 0 saturated carbocycles. The molecule has 0 aliphatic rings. The lowest BCUT2D eigenvalue weighted by atomic mass is 10.1. The predicted molar refractivity (Wildman–Crippen MR) is 52.5 cm³/mol. The van der Waals surface area contributed by atoms with Gasteiger partial charge in [-0.15, -0.1) is 0 Å². The number of ether oxygens (including phenoxy) is 1. The summed E-state index contributed by atoms with van der Waals surface area (Å²) in [6.07, 6.45) is 1.65. The van der Waals surface area contributed by atoms with Crippen LogP contribution < -0.4 is 11.1 Å². The van der Waals surface area contributed by atoms with Crippen molar-refractivity contribution in [2.45, 2.75) is 39.2 Å². The zero-order valence-electron chi connectivity index (χ0n) is 8.72. The smallest absolute Gasteiger partial charge is 0.407 e. The SMILES string of the molecule is CCCCNC(=O)OCC(C)(C)N. The van der Waals surface area contributed by atoms with Crippen LogP contribution in [-0.2, 0) is 4.74 Å². The molecular weight excluding hydrogens is 168 g/mol. The maximum absolute atomic E-state index is 11.0. The summed E-state index contributed by atoms with van der Waals surface area (Å²) in [6, 6.07) is 0. The summed E-state index contributed by atoms with van der Waals surface area (Å²) < 4.78 is 4.88. The topological polar surface area (TPSA) is 64.3 Å². The van der Waals surface area contributed by atoms with Gasteiger partial charge in [-0.2, -0.15) is 0 Å². The van der Waals surface area contributed by atoms with Crippen molar-refractivity contribution in [2.24, 2.45) is 5.73 Å². The fourth-order valence-corrected chi connectivity index (χ4v) is 0.670. The Morgan fingerprint density at radius 2 is 2.15 bits per heavy atom. The van der Waals surface area contributed by atoms with E-state index >= 15 is 0 Å². The van der Waals surface area contributed by atoms with E-state index in [2.05, 4.69) is 12.2 Å². The van der Waals surface area contributed by atoms with Crippen LogP contribution in [0.15, 0.2) is 0 Å². The molecule has 13 heavy (non-hydrogen) atoms. The second-order valence-corrected chi connectivity index (χ2v) is 3.85. The number of unbranched alkanes of at least 4 members (excludes halogenated alkanes) is 1. The highest BCUT2D eigenvalue weighted by molar-refractivity contribution is 5.67. The molecule has 0 aromatic rings. The van der Waals surface area contributed by atoms with Crippen molar-refractivity contribution in [1.82, 2.24) is 5.32 Å². The lowest BCUT2D eigenvalue weighted by Gasteiger charge is -2.18. The van der Waals surface area contributed by atoms with Gasteiger partial charge in [-0.1, -0.05) is 13.3 Å². The molecule has 4 nitrogen and oxygen atoms in total. The molecule has 0 spiro atoms. The summed E-state index contributed by atoms with van der Waals surface area (Å²) in [7, 11) is 0. The summed E-state index contributed by atoms with van der Waals surface area (Å²) in [5.41, 5.74) is 5.18. The molecule has 0 fully saturated rings. The van der Waals surface area contributed by atoms with E-state index in [1.807, 2.05) is 13.8 Å². The number of carbonyl (C=O) groups excluding carboxylic acids is 1. The minimum Gasteiger partial charge on any atom is -0.448 e. The molecule has 78 valence electrons. The summed E-state index contributed by atoms with van der Waals surface area (Å²) in [5.74, 6) is 0. The Kier molecular flexibility index (Phi) is 5.46. The number of hydrogen-bond donors (Lipinski definition) is 2. The van der Waals surface area contributed by atoms with Crippen molar-refractivity contribution in [3.63, 3.8) is 0 Å². The summed E-state index contributed by atoms with van der Waals surface area (Å²) in [5, 5.41) is 2.64. The van der Waals surface area contributed by atoms with Gasteiger partial charge < -0.3 is 15.8 Å². The highest BCUT2D eigenvalue weighted by Crippen LogP contribution is 1.96. The molecule has 0 aromatic heterocycles. The number of amides is 1. The summed E-state index contributed by atoms with van der Waals surface area (Å²) >= 11 is 0. The van der Waals surface area contributed by atoms with Crippen molar-refractivity contribution in [1.29, 1.82) is 0 Å². The molecule has 4 heteroatoms. The monoisotopic (exact) mass is 188 g/mol. The van der Waals surface area contributed by atoms with Crippen LogP contribution in [0.4, 0.5) is 4.79 Å². The Balaban J connectivity index is 3.41. The van der Waals surface area contributed by atoms with Gasteiger partial charge in [0.15, 0.2) is 0 Å². The average Bonchev–Trinajstić information content (AvgIpc) is 2.00. The lowest BCUT2D eigenvalue weighted by molar-refractivity contribution is 0.125. The van der Waals surface area contributed by atoms with E-state index in [1.165, 1.54) is 0 Å². The highest BCUT2D eigenvalue weighted by Gasteiger charge is 2.13. The first kappa shape index (κ1) is 12.2. The van der Waals surface area contributed by atoms with Crippen molar-refractivity contribution in [3.05, 3.63) is 0 Å². The van der Waals surface area contributed by atoms with E-state index in [0.717, 1.165) is 12.8 Å². The molecule has 0 aliphatic heterocycles. The van der Waals surface area contributed by atoms with Crippen LogP contribution in [0.5, 0.6) is 0 Å². The van der Waals surface area contributed by atoms with Gasteiger partial charge in [-0.05, 0) is 20.3 Å². The molecule has 0 radical (unpaired) electrons. The molecule has 0 saturated heterocycles. The third kappa shape index (κ3) is 9.14. The van der Waals surface area contributed by atoms with E-state index in [1.54, 1.807) is 0 Å². The molecule has 0 aromatic carbocycles. The maximum Gasteiger partial charge on any atom is 0.407 e. The standard InChI is InChI=1S/C9H20N2O2/c1-4-5-6-11-8(12)13-7-9(2,3)10/h4-7,10H2,1-3H3,(H,11,12). The van der Waals surface area contributed by atoms with Crippen molar-refractivity contribution < 1.29 is 9.53 Å². The average molecular weight is 188 g/mol. The first-order chi connectivity index (χ1) is 5.95. The van der Waals surface area contributed by atoms with Gasteiger partial charge in [-0.25, -0.2) is 4.79 Å². The van der Waals surface area contributed by atoms with Gasteiger partial charge >= 0.3 is 6.09 Å². The molecule has 0 rings (SSSR count). The van der Waals surface area contributed by atoms with Gasteiger partial charge in [0, 0.05) is 12.1 Å². The van der Waals surface area contributed by atoms with Crippen LogP contribution in [0.2, 0.25) is 0 Å². The number of alkyl carbamates (subject to hydrolysis) is 1. The lowest BCUT2D eigenvalue weighted by Crippen LogP contribution is -2.40. The van der Waals surface area contributed by atoms with Gasteiger partial charge in [-0.3, -0.25) is 0 Å². The van der Waals surface area contributed by atoms with E-state index in [-0.39, 0.29) is 12.7 Å². The minimum atomic E-state index is -0.456. The second kappa shape index (κ2) is 5.80. The summed E-state index contributed by atoms with van der Waals surface area (Å²) in [6.45, 7) is 6.60. The molecular formula is C9H20N2O2. The van der Waals surface area contributed by atoms with E-state index in [0.29, 0.717) is 6.54 Å². The normalized spacial score (nSPS) is 11.1. The maximum atomic E-state index is 11.0. The second-order valence-electron chi connectivity index (χ2n) is 3.85. The Morgan fingerprint density at radius 1 is 1.54 bits per heavy atom. The third-order valence-corrected chi connectivity index (χ3v) is 1.37. The molecule has 0 unspecified atom stereocenters. The third-order valence-electron chi connectivity index (χ3n) is 1.37. The first-order valence-corrected chi connectivity index (χ1v) is 4.65. The van der Waals surface area contributed by atoms with Crippen LogP contribution in [0.1, 0.15) is 33.6 Å². The van der Waals surface area contributed by atoms with Crippen LogP contribution in [0.25, 0.3) is 0 Å². The Labute approximate surface area is 79.8 Å². The van der Waals surface area contributed by atoms with Gasteiger partial charge in [0.1, 0.15) is 6.61 Å². The molecule has 3 N–H and O–H groups in total. The van der Waals surface area contributed by atoms with Gasteiger partial charge in [0.2, 0.25) is 0 Å². The quantitative estimate of drug-likeness (QED) is 0.638. The number of carbonyl (C=O) groups is 1. The minimum absolute atomic E-state index is 0.241. The van der Waals surface area contributed by atoms with Crippen LogP contribution in [0.3, 0.4) is 0 Å². The molecule has 0 aliphatic carbocycles. The van der Waals surface area contributed by atoms with Crippen LogP contribution in [-0.4, -0.2) is 24.8 Å². The van der Waals surface area contributed by atoms with Gasteiger partial charge in [0.25, 0.3) is 0 Å². The van der Waals surface area contributed by atoms with E-state index < -0.39 is 5.54 Å². The zero-order chi connectivity index (χ0) is 10.3.